The normalized spacial score (nSPS) is 48.6. The molecule has 3 saturated heterocycles. The Morgan fingerprint density at radius 2 is 2.04 bits per heavy atom. The number of aryl methyl sites for hydroxylation is 2. The van der Waals surface area contributed by atoms with Crippen molar-refractivity contribution in [3.63, 3.8) is 0 Å². The van der Waals surface area contributed by atoms with E-state index >= 15 is 0 Å². The van der Waals surface area contributed by atoms with Gasteiger partial charge in [0.1, 0.15) is 17.8 Å². The summed E-state index contributed by atoms with van der Waals surface area (Å²) < 4.78 is 12.0. The Balaban J connectivity index is 1.81. The number of esters is 1. The van der Waals surface area contributed by atoms with Crippen LogP contribution < -0.4 is 5.43 Å². The van der Waals surface area contributed by atoms with Crippen LogP contribution >= 0.6 is 0 Å². The van der Waals surface area contributed by atoms with E-state index in [0.717, 1.165) is 22.3 Å². The monoisotopic (exact) mass is 326 g/mol. The second-order valence-corrected chi connectivity index (χ2v) is 8.18. The summed E-state index contributed by atoms with van der Waals surface area (Å²) in [7, 11) is 0. The van der Waals surface area contributed by atoms with Crippen LogP contribution in [0.15, 0.2) is 16.9 Å². The molecule has 1 aromatic carbocycles. The molecule has 3 heterocycles. The Morgan fingerprint density at radius 1 is 1.25 bits per heavy atom. The zero-order valence-electron chi connectivity index (χ0n) is 13.5. The summed E-state index contributed by atoms with van der Waals surface area (Å²) in [5.74, 6) is -0.503. The lowest BCUT2D eigenvalue weighted by Crippen LogP contribution is -2.71. The van der Waals surface area contributed by atoms with Gasteiger partial charge in [0, 0.05) is 11.8 Å². The Labute approximate surface area is 138 Å². The van der Waals surface area contributed by atoms with Crippen molar-refractivity contribution in [2.75, 3.05) is 0 Å². The molecule has 24 heavy (non-hydrogen) atoms. The van der Waals surface area contributed by atoms with E-state index in [1.165, 1.54) is 0 Å². The van der Waals surface area contributed by atoms with Gasteiger partial charge in [0.15, 0.2) is 11.5 Å². The SMILES string of the molecule is Cc1cc(=O)cc2c3c1[C@H]1O[C@H]4C(C)[C@]5(CC2)C(=O)O[C@H]4[C@@]1(O)[C@H]35. The third kappa shape index (κ3) is 1.06. The Morgan fingerprint density at radius 3 is 2.83 bits per heavy atom. The molecule has 1 aromatic rings. The van der Waals surface area contributed by atoms with E-state index in [2.05, 4.69) is 6.92 Å². The van der Waals surface area contributed by atoms with Gasteiger partial charge in [-0.15, -0.1) is 0 Å². The Bertz CT molecular complexity index is 907. The lowest BCUT2D eigenvalue weighted by Gasteiger charge is -2.60. The van der Waals surface area contributed by atoms with Crippen LogP contribution in [0.3, 0.4) is 0 Å². The molecule has 1 N–H and O–H groups in total. The molecule has 4 bridgehead atoms. The van der Waals surface area contributed by atoms with Gasteiger partial charge in [-0.25, -0.2) is 0 Å². The summed E-state index contributed by atoms with van der Waals surface area (Å²) in [5.41, 5.74) is 1.77. The van der Waals surface area contributed by atoms with E-state index in [1.54, 1.807) is 12.1 Å². The third-order valence-corrected chi connectivity index (χ3v) is 7.46. The summed E-state index contributed by atoms with van der Waals surface area (Å²) in [4.78, 5) is 25.1. The topological polar surface area (TPSA) is 72.8 Å². The molecule has 1 spiro atoms. The van der Waals surface area contributed by atoms with Crippen molar-refractivity contribution in [3.8, 4) is 0 Å². The van der Waals surface area contributed by atoms with Crippen molar-refractivity contribution in [1.82, 2.24) is 0 Å². The molecular formula is C19H18O5. The van der Waals surface area contributed by atoms with Crippen LogP contribution in [0.2, 0.25) is 0 Å². The molecule has 0 aromatic heterocycles. The first-order valence-electron chi connectivity index (χ1n) is 8.67. The van der Waals surface area contributed by atoms with Gasteiger partial charge in [-0.05, 0) is 54.2 Å². The number of hydrogen-bond donors (Lipinski definition) is 1. The molecular weight excluding hydrogens is 308 g/mol. The van der Waals surface area contributed by atoms with Gasteiger partial charge in [-0.3, -0.25) is 9.59 Å². The maximum atomic E-state index is 12.9. The fourth-order valence-electron chi connectivity index (χ4n) is 6.57. The van der Waals surface area contributed by atoms with Crippen molar-refractivity contribution in [1.29, 1.82) is 0 Å². The molecule has 1 saturated carbocycles. The number of rotatable bonds is 0. The quantitative estimate of drug-likeness (QED) is 0.724. The van der Waals surface area contributed by atoms with Gasteiger partial charge in [0.25, 0.3) is 0 Å². The van der Waals surface area contributed by atoms with Crippen LogP contribution in [0.4, 0.5) is 0 Å². The minimum atomic E-state index is -1.19. The second kappa shape index (κ2) is 3.60. The van der Waals surface area contributed by atoms with Crippen molar-refractivity contribution in [3.05, 3.63) is 44.6 Å². The van der Waals surface area contributed by atoms with Crippen molar-refractivity contribution in [2.45, 2.75) is 56.5 Å². The molecule has 6 aliphatic rings. The first-order valence-corrected chi connectivity index (χ1v) is 8.67. The molecule has 3 aliphatic carbocycles. The van der Waals surface area contributed by atoms with Crippen molar-refractivity contribution >= 4 is 5.97 Å². The first-order chi connectivity index (χ1) is 11.4. The zero-order chi connectivity index (χ0) is 16.6. The van der Waals surface area contributed by atoms with Crippen LogP contribution in [-0.2, 0) is 20.7 Å². The van der Waals surface area contributed by atoms with Gasteiger partial charge in [0.05, 0.1) is 5.41 Å². The molecule has 4 fully saturated rings. The molecule has 7 rings (SSSR count). The number of aliphatic hydroxyl groups is 1. The van der Waals surface area contributed by atoms with Crippen LogP contribution in [0.5, 0.6) is 0 Å². The lowest BCUT2D eigenvalue weighted by atomic mass is 9.48. The molecule has 1 unspecified atom stereocenters. The smallest absolute Gasteiger partial charge is 0.313 e. The summed E-state index contributed by atoms with van der Waals surface area (Å²) in [6.07, 6.45) is -0.101. The average Bonchev–Trinajstić information content (AvgIpc) is 2.88. The third-order valence-electron chi connectivity index (χ3n) is 7.46. The lowest BCUT2D eigenvalue weighted by molar-refractivity contribution is -0.243. The minimum absolute atomic E-state index is 0.0119. The highest BCUT2D eigenvalue weighted by molar-refractivity contribution is 5.84. The van der Waals surface area contributed by atoms with Crippen LogP contribution in [0.25, 0.3) is 0 Å². The fourth-order valence-corrected chi connectivity index (χ4v) is 6.57. The summed E-state index contributed by atoms with van der Waals surface area (Å²) in [5, 5.41) is 11.7. The van der Waals surface area contributed by atoms with Gasteiger partial charge in [-0.2, -0.15) is 0 Å². The van der Waals surface area contributed by atoms with Crippen LogP contribution in [0, 0.1) is 18.3 Å². The molecule has 5 heteroatoms. The Hall–Kier alpha value is -1.72. The van der Waals surface area contributed by atoms with Crippen molar-refractivity contribution < 1.29 is 19.4 Å². The fraction of sp³-hybridized carbons (Fsp3) is 0.579. The molecule has 5 nitrogen and oxygen atoms in total. The maximum Gasteiger partial charge on any atom is 0.313 e. The molecule has 124 valence electrons. The highest BCUT2D eigenvalue weighted by Crippen LogP contribution is 2.75. The predicted molar refractivity (Wildman–Crippen MR) is 82.6 cm³/mol. The van der Waals surface area contributed by atoms with Gasteiger partial charge in [-0.1, -0.05) is 6.92 Å². The van der Waals surface area contributed by atoms with E-state index in [4.69, 9.17) is 9.47 Å². The van der Waals surface area contributed by atoms with E-state index in [9.17, 15) is 14.7 Å². The van der Waals surface area contributed by atoms with Gasteiger partial charge in [0.2, 0.25) is 0 Å². The molecule has 0 amide bonds. The van der Waals surface area contributed by atoms with E-state index in [1.807, 2.05) is 6.92 Å². The summed E-state index contributed by atoms with van der Waals surface area (Å²) in [6, 6.07) is 3.30. The Kier molecular flexibility index (Phi) is 2.04. The molecule has 7 atom stereocenters. The zero-order valence-corrected chi connectivity index (χ0v) is 13.5. The number of carbonyl (C=O) groups is 1. The van der Waals surface area contributed by atoms with Gasteiger partial charge >= 0.3 is 5.97 Å². The highest BCUT2D eigenvalue weighted by atomic mass is 16.6. The number of carbonyl (C=O) groups excluding carboxylic acids is 1. The second-order valence-electron chi connectivity index (χ2n) is 8.18. The molecule has 3 aliphatic heterocycles. The van der Waals surface area contributed by atoms with E-state index < -0.39 is 23.2 Å². The minimum Gasteiger partial charge on any atom is -0.456 e. The highest BCUT2D eigenvalue weighted by Gasteiger charge is 2.83. The van der Waals surface area contributed by atoms with Crippen LogP contribution in [0.1, 0.15) is 47.6 Å². The standard InChI is InChI=1S/C19H18O5/c1-7-5-10(20)6-9-3-4-18-8(2)13-16(24-17(18)21)19(22)14(18)12(9)11(7)15(19)23-13/h5-6,8,13-16,22H,3-4H2,1-2H3/t8?,13-,14+,15+,16+,18-,19+/m0/s1. The number of hydrogen-bond acceptors (Lipinski definition) is 5. The van der Waals surface area contributed by atoms with E-state index in [-0.39, 0.29) is 29.3 Å². The first kappa shape index (κ1) is 13.6. The maximum absolute atomic E-state index is 12.9. The average molecular weight is 326 g/mol. The summed E-state index contributed by atoms with van der Waals surface area (Å²) >= 11 is 0. The largest absolute Gasteiger partial charge is 0.456 e. The van der Waals surface area contributed by atoms with Crippen LogP contribution in [-0.4, -0.2) is 28.9 Å². The van der Waals surface area contributed by atoms with Gasteiger partial charge < -0.3 is 14.6 Å². The number of fused-ring (bicyclic) bond motifs is 2. The number of ether oxygens (including phenoxy) is 2. The predicted octanol–water partition coefficient (Wildman–Crippen LogP) is 1.13. The van der Waals surface area contributed by atoms with Crippen molar-refractivity contribution in [2.24, 2.45) is 11.3 Å². The molecule has 0 radical (unpaired) electrons. The summed E-state index contributed by atoms with van der Waals surface area (Å²) in [6.45, 7) is 3.95. The van der Waals surface area contributed by atoms with E-state index in [0.29, 0.717) is 12.8 Å².